The average molecular weight is 239 g/mol. The van der Waals surface area contributed by atoms with E-state index in [1.54, 1.807) is 0 Å². The van der Waals surface area contributed by atoms with Gasteiger partial charge in [0.25, 0.3) is 0 Å². The summed E-state index contributed by atoms with van der Waals surface area (Å²) in [6.07, 6.45) is 0. The van der Waals surface area contributed by atoms with Crippen LogP contribution in [-0.2, 0) is 0 Å². The zero-order valence-corrected chi connectivity index (χ0v) is 8.18. The van der Waals surface area contributed by atoms with E-state index in [1.807, 2.05) is 0 Å². The second-order valence-corrected chi connectivity index (χ2v) is 4.68. The summed E-state index contributed by atoms with van der Waals surface area (Å²) in [5, 5.41) is 3.40. The molecule has 1 heterocycles. The molecule has 54 valence electrons. The van der Waals surface area contributed by atoms with Gasteiger partial charge in [-0.1, -0.05) is 36.4 Å². The maximum atomic E-state index is 3.40. The fourth-order valence-electron chi connectivity index (χ4n) is 1.32. The first-order valence-electron chi connectivity index (χ1n) is 3.56. The van der Waals surface area contributed by atoms with E-state index in [9.17, 15) is 0 Å². The summed E-state index contributed by atoms with van der Waals surface area (Å²) in [5.41, 5.74) is 0. The molecule has 0 aromatic rings. The van der Waals surface area contributed by atoms with Crippen molar-refractivity contribution in [2.24, 2.45) is 11.8 Å². The van der Waals surface area contributed by atoms with Gasteiger partial charge in [-0.15, -0.1) is 0 Å². The third-order valence-corrected chi connectivity index (χ3v) is 3.40. The molecule has 1 nitrogen and oxygen atoms in total. The first kappa shape index (κ1) is 7.79. The molecule has 9 heavy (non-hydrogen) atoms. The molecule has 2 atom stereocenters. The first-order valence-corrected chi connectivity index (χ1v) is 4.81. The summed E-state index contributed by atoms with van der Waals surface area (Å²) in [4.78, 5) is 0. The number of halogens is 1. The van der Waals surface area contributed by atoms with Gasteiger partial charge >= 0.3 is 0 Å². The third kappa shape index (κ3) is 1.80. The molecular weight excluding hydrogens is 225 g/mol. The summed E-state index contributed by atoms with van der Waals surface area (Å²) < 4.78 is 0.864. The molecule has 1 aliphatic heterocycles. The van der Waals surface area contributed by atoms with Gasteiger partial charge in [0, 0.05) is 10.5 Å². The second kappa shape index (κ2) is 3.19. The molecule has 0 saturated carbocycles. The van der Waals surface area contributed by atoms with Crippen LogP contribution in [0.25, 0.3) is 0 Å². The van der Waals surface area contributed by atoms with Crippen molar-refractivity contribution in [3.8, 4) is 0 Å². The van der Waals surface area contributed by atoms with E-state index in [0.717, 1.165) is 15.8 Å². The van der Waals surface area contributed by atoms with Gasteiger partial charge in [-0.2, -0.15) is 0 Å². The molecule has 0 amide bonds. The van der Waals surface area contributed by atoms with Gasteiger partial charge in [-0.3, -0.25) is 0 Å². The van der Waals surface area contributed by atoms with Gasteiger partial charge in [-0.05, 0) is 18.4 Å². The maximum absolute atomic E-state index is 3.40. The minimum Gasteiger partial charge on any atom is -0.315 e. The number of nitrogens with one attached hydrogen (secondary N) is 1. The minimum absolute atomic E-state index is 0.849. The molecule has 0 unspecified atom stereocenters. The Labute approximate surface area is 70.7 Å². The Bertz CT molecular complexity index is 92.9. The second-order valence-electron chi connectivity index (χ2n) is 3.08. The highest BCUT2D eigenvalue weighted by molar-refractivity contribution is 14.1. The van der Waals surface area contributed by atoms with Crippen molar-refractivity contribution in [3.63, 3.8) is 0 Å². The van der Waals surface area contributed by atoms with Crippen molar-refractivity contribution in [3.05, 3.63) is 0 Å². The van der Waals surface area contributed by atoms with E-state index < -0.39 is 0 Å². The lowest BCUT2D eigenvalue weighted by Crippen LogP contribution is -2.17. The van der Waals surface area contributed by atoms with Crippen LogP contribution in [0.5, 0.6) is 0 Å². The highest BCUT2D eigenvalue weighted by atomic mass is 127. The predicted molar refractivity (Wildman–Crippen MR) is 49.0 cm³/mol. The number of hydrogen-bond donors (Lipinski definition) is 1. The Morgan fingerprint density at radius 1 is 1.44 bits per heavy atom. The van der Waals surface area contributed by atoms with Gasteiger partial charge in [0.1, 0.15) is 0 Å². The van der Waals surface area contributed by atoms with E-state index in [-0.39, 0.29) is 0 Å². The van der Waals surface area contributed by atoms with Crippen molar-refractivity contribution < 1.29 is 0 Å². The topological polar surface area (TPSA) is 12.0 Å². The van der Waals surface area contributed by atoms with Crippen LogP contribution in [0.1, 0.15) is 13.8 Å². The molecule has 0 radical (unpaired) electrons. The van der Waals surface area contributed by atoms with Gasteiger partial charge < -0.3 is 5.32 Å². The van der Waals surface area contributed by atoms with Crippen molar-refractivity contribution >= 4 is 22.6 Å². The van der Waals surface area contributed by atoms with Gasteiger partial charge in [-0.25, -0.2) is 0 Å². The molecule has 0 aromatic heterocycles. The molecule has 1 rings (SSSR count). The van der Waals surface area contributed by atoms with E-state index in [2.05, 4.69) is 41.8 Å². The Morgan fingerprint density at radius 2 is 2.11 bits per heavy atom. The zero-order chi connectivity index (χ0) is 6.85. The SMILES string of the molecule is CC(C)[C@@H]1CNC[C@@H]1I. The molecule has 1 fully saturated rings. The van der Waals surface area contributed by atoms with Crippen LogP contribution in [0.15, 0.2) is 0 Å². The Hall–Kier alpha value is 0.690. The Balaban J connectivity index is 2.40. The quantitative estimate of drug-likeness (QED) is 0.542. The summed E-state index contributed by atoms with van der Waals surface area (Å²) in [7, 11) is 0. The molecule has 1 saturated heterocycles. The van der Waals surface area contributed by atoms with Gasteiger partial charge in [0.15, 0.2) is 0 Å². The van der Waals surface area contributed by atoms with Crippen LogP contribution in [0.4, 0.5) is 0 Å². The van der Waals surface area contributed by atoms with Crippen molar-refractivity contribution in [2.45, 2.75) is 17.8 Å². The van der Waals surface area contributed by atoms with E-state index in [1.165, 1.54) is 13.1 Å². The maximum Gasteiger partial charge on any atom is 0.0277 e. The van der Waals surface area contributed by atoms with Crippen LogP contribution < -0.4 is 5.32 Å². The number of alkyl halides is 1. The molecule has 0 aliphatic carbocycles. The van der Waals surface area contributed by atoms with Crippen LogP contribution in [0, 0.1) is 11.8 Å². The Kier molecular flexibility index (Phi) is 2.76. The lowest BCUT2D eigenvalue weighted by atomic mass is 9.95. The minimum atomic E-state index is 0.849. The fourth-order valence-corrected chi connectivity index (χ4v) is 2.72. The van der Waals surface area contributed by atoms with E-state index >= 15 is 0 Å². The lowest BCUT2D eigenvalue weighted by Gasteiger charge is -2.16. The van der Waals surface area contributed by atoms with Gasteiger partial charge in [0.05, 0.1) is 0 Å². The van der Waals surface area contributed by atoms with E-state index in [4.69, 9.17) is 0 Å². The molecule has 2 heteroatoms. The standard InChI is InChI=1S/C7H14IN/c1-5(2)6-3-9-4-7(6)8/h5-7,9H,3-4H2,1-2H3/t6-,7-/m0/s1. The van der Waals surface area contributed by atoms with Crippen LogP contribution in [0.3, 0.4) is 0 Å². The molecule has 0 aromatic carbocycles. The third-order valence-electron chi connectivity index (χ3n) is 2.04. The molecule has 1 aliphatic rings. The van der Waals surface area contributed by atoms with Crippen LogP contribution in [0.2, 0.25) is 0 Å². The van der Waals surface area contributed by atoms with Crippen LogP contribution >= 0.6 is 22.6 Å². The fraction of sp³-hybridized carbons (Fsp3) is 1.00. The molecule has 0 bridgehead atoms. The molecular formula is C7H14IN. The zero-order valence-electron chi connectivity index (χ0n) is 6.02. The lowest BCUT2D eigenvalue weighted by molar-refractivity contribution is 0.433. The summed E-state index contributed by atoms with van der Waals surface area (Å²) in [6.45, 7) is 7.06. The predicted octanol–water partition coefficient (Wildman–Crippen LogP) is 1.67. The monoisotopic (exact) mass is 239 g/mol. The highest BCUT2D eigenvalue weighted by Crippen LogP contribution is 2.24. The largest absolute Gasteiger partial charge is 0.315 e. The summed E-state index contributed by atoms with van der Waals surface area (Å²) >= 11 is 2.55. The first-order chi connectivity index (χ1) is 4.22. The highest BCUT2D eigenvalue weighted by Gasteiger charge is 2.26. The molecule has 1 N–H and O–H groups in total. The summed E-state index contributed by atoms with van der Waals surface area (Å²) in [6, 6.07) is 0. The Morgan fingerprint density at radius 3 is 2.33 bits per heavy atom. The number of hydrogen-bond acceptors (Lipinski definition) is 1. The smallest absolute Gasteiger partial charge is 0.0277 e. The average Bonchev–Trinajstić information content (AvgIpc) is 2.13. The van der Waals surface area contributed by atoms with E-state index in [0.29, 0.717) is 0 Å². The normalized spacial score (nSPS) is 36.0. The summed E-state index contributed by atoms with van der Waals surface area (Å²) in [5.74, 6) is 1.76. The van der Waals surface area contributed by atoms with Gasteiger partial charge in [0.2, 0.25) is 0 Å². The van der Waals surface area contributed by atoms with Crippen molar-refractivity contribution in [1.82, 2.24) is 5.32 Å². The van der Waals surface area contributed by atoms with Crippen LogP contribution in [-0.4, -0.2) is 17.0 Å². The molecule has 0 spiro atoms. The van der Waals surface area contributed by atoms with Crippen molar-refractivity contribution in [2.75, 3.05) is 13.1 Å². The van der Waals surface area contributed by atoms with Crippen molar-refractivity contribution in [1.29, 1.82) is 0 Å². The number of rotatable bonds is 1.